The Hall–Kier alpha value is -0.960. The van der Waals surface area contributed by atoms with Gasteiger partial charge < -0.3 is 5.32 Å². The molecular formula is C16H27N3. The van der Waals surface area contributed by atoms with E-state index in [9.17, 15) is 0 Å². The first-order chi connectivity index (χ1) is 9.20. The molecule has 1 heterocycles. The van der Waals surface area contributed by atoms with Crippen LogP contribution in [0.15, 0.2) is 18.7 Å². The van der Waals surface area contributed by atoms with Gasteiger partial charge in [-0.3, -0.25) is 0 Å². The van der Waals surface area contributed by atoms with Gasteiger partial charge in [0.2, 0.25) is 0 Å². The van der Waals surface area contributed by atoms with Crippen LogP contribution in [0.1, 0.15) is 57.9 Å². The predicted octanol–water partition coefficient (Wildman–Crippen LogP) is 3.38. The lowest BCUT2D eigenvalue weighted by molar-refractivity contribution is 0.222. The molecule has 0 amide bonds. The summed E-state index contributed by atoms with van der Waals surface area (Å²) in [5.41, 5.74) is 1.33. The Morgan fingerprint density at radius 1 is 1.26 bits per heavy atom. The van der Waals surface area contributed by atoms with Gasteiger partial charge in [-0.2, -0.15) is 0 Å². The number of hydrogen-bond donors (Lipinski definition) is 1. The van der Waals surface area contributed by atoms with Gasteiger partial charge in [0.25, 0.3) is 0 Å². The molecule has 1 aromatic rings. The van der Waals surface area contributed by atoms with Crippen molar-refractivity contribution in [1.82, 2.24) is 15.3 Å². The summed E-state index contributed by atoms with van der Waals surface area (Å²) in [4.78, 5) is 8.42. The van der Waals surface area contributed by atoms with E-state index >= 15 is 0 Å². The first-order valence-corrected chi connectivity index (χ1v) is 7.69. The quantitative estimate of drug-likeness (QED) is 0.883. The highest BCUT2D eigenvalue weighted by atomic mass is 14.9. The van der Waals surface area contributed by atoms with Crippen LogP contribution in [0.25, 0.3) is 0 Å². The van der Waals surface area contributed by atoms with Gasteiger partial charge >= 0.3 is 0 Å². The fraction of sp³-hybridized carbons (Fsp3) is 0.750. The Bertz CT molecular complexity index is 364. The molecule has 3 atom stereocenters. The highest BCUT2D eigenvalue weighted by Crippen LogP contribution is 2.41. The zero-order chi connectivity index (χ0) is 13.7. The SMILES string of the molecule is CCC1CCC(CNC(C)C)C(c2cncnc2)C1. The lowest BCUT2D eigenvalue weighted by Crippen LogP contribution is -2.35. The summed E-state index contributed by atoms with van der Waals surface area (Å²) >= 11 is 0. The fourth-order valence-corrected chi connectivity index (χ4v) is 3.23. The molecule has 1 saturated carbocycles. The molecule has 0 aliphatic heterocycles. The van der Waals surface area contributed by atoms with Crippen molar-refractivity contribution in [2.24, 2.45) is 11.8 Å². The van der Waals surface area contributed by atoms with Gasteiger partial charge in [0.15, 0.2) is 0 Å². The van der Waals surface area contributed by atoms with Crippen molar-refractivity contribution in [2.75, 3.05) is 6.54 Å². The number of hydrogen-bond acceptors (Lipinski definition) is 3. The third kappa shape index (κ3) is 4.00. The van der Waals surface area contributed by atoms with Crippen LogP contribution < -0.4 is 5.32 Å². The van der Waals surface area contributed by atoms with E-state index in [0.29, 0.717) is 12.0 Å². The van der Waals surface area contributed by atoms with Gasteiger partial charge in [-0.1, -0.05) is 33.6 Å². The highest BCUT2D eigenvalue weighted by Gasteiger charge is 2.31. The Labute approximate surface area is 117 Å². The van der Waals surface area contributed by atoms with E-state index in [1.807, 2.05) is 12.4 Å². The number of aromatic nitrogens is 2. The van der Waals surface area contributed by atoms with E-state index < -0.39 is 0 Å². The van der Waals surface area contributed by atoms with Gasteiger partial charge in [0, 0.05) is 18.4 Å². The van der Waals surface area contributed by atoms with E-state index in [1.165, 1.54) is 31.2 Å². The maximum absolute atomic E-state index is 4.21. The van der Waals surface area contributed by atoms with Crippen LogP contribution >= 0.6 is 0 Å². The average molecular weight is 261 g/mol. The fourth-order valence-electron chi connectivity index (χ4n) is 3.23. The molecule has 1 fully saturated rings. The third-order valence-electron chi connectivity index (χ3n) is 4.48. The molecule has 3 nitrogen and oxygen atoms in total. The lowest BCUT2D eigenvalue weighted by atomic mass is 9.71. The maximum Gasteiger partial charge on any atom is 0.115 e. The molecule has 2 rings (SSSR count). The summed E-state index contributed by atoms with van der Waals surface area (Å²) in [6.45, 7) is 7.88. The molecule has 1 aliphatic carbocycles. The van der Waals surface area contributed by atoms with Crippen LogP contribution in [0, 0.1) is 11.8 Å². The topological polar surface area (TPSA) is 37.8 Å². The first-order valence-electron chi connectivity index (χ1n) is 7.69. The molecule has 0 radical (unpaired) electrons. The van der Waals surface area contributed by atoms with Crippen molar-refractivity contribution >= 4 is 0 Å². The normalized spacial score (nSPS) is 27.7. The van der Waals surface area contributed by atoms with Crippen molar-refractivity contribution in [3.05, 3.63) is 24.3 Å². The zero-order valence-corrected chi connectivity index (χ0v) is 12.5. The monoisotopic (exact) mass is 261 g/mol. The Balaban J connectivity index is 2.07. The highest BCUT2D eigenvalue weighted by molar-refractivity contribution is 5.13. The van der Waals surface area contributed by atoms with Gasteiger partial charge in [-0.05, 0) is 42.7 Å². The zero-order valence-electron chi connectivity index (χ0n) is 12.5. The molecule has 3 heteroatoms. The van der Waals surface area contributed by atoms with Crippen LogP contribution in [-0.4, -0.2) is 22.6 Å². The van der Waals surface area contributed by atoms with Gasteiger partial charge in [0.05, 0.1) is 0 Å². The molecule has 3 unspecified atom stereocenters. The maximum atomic E-state index is 4.21. The van der Waals surface area contributed by atoms with Crippen molar-refractivity contribution in [3.63, 3.8) is 0 Å². The summed E-state index contributed by atoms with van der Waals surface area (Å²) in [7, 11) is 0. The van der Waals surface area contributed by atoms with E-state index in [0.717, 1.165) is 18.4 Å². The van der Waals surface area contributed by atoms with Crippen molar-refractivity contribution in [1.29, 1.82) is 0 Å². The average Bonchev–Trinajstić information content (AvgIpc) is 2.46. The lowest BCUT2D eigenvalue weighted by Gasteiger charge is -2.36. The van der Waals surface area contributed by atoms with Crippen LogP contribution in [-0.2, 0) is 0 Å². The van der Waals surface area contributed by atoms with Crippen LogP contribution in [0.5, 0.6) is 0 Å². The molecule has 1 aliphatic rings. The predicted molar refractivity (Wildman–Crippen MR) is 79.0 cm³/mol. The number of nitrogens with one attached hydrogen (secondary N) is 1. The van der Waals surface area contributed by atoms with E-state index in [4.69, 9.17) is 0 Å². The summed E-state index contributed by atoms with van der Waals surface area (Å²) < 4.78 is 0. The molecule has 1 N–H and O–H groups in total. The Kier molecular flexibility index (Phi) is 5.32. The molecular weight excluding hydrogens is 234 g/mol. The number of nitrogens with zero attached hydrogens (tertiary/aromatic N) is 2. The summed E-state index contributed by atoms with van der Waals surface area (Å²) in [5.74, 6) is 2.24. The molecule has 0 spiro atoms. The Morgan fingerprint density at radius 2 is 2.00 bits per heavy atom. The van der Waals surface area contributed by atoms with Crippen molar-refractivity contribution in [2.45, 2.75) is 58.4 Å². The molecule has 19 heavy (non-hydrogen) atoms. The van der Waals surface area contributed by atoms with E-state index in [-0.39, 0.29) is 0 Å². The molecule has 0 bridgehead atoms. The van der Waals surface area contributed by atoms with E-state index in [1.54, 1.807) is 6.33 Å². The second kappa shape index (κ2) is 6.99. The third-order valence-corrected chi connectivity index (χ3v) is 4.48. The second-order valence-corrected chi connectivity index (χ2v) is 6.19. The van der Waals surface area contributed by atoms with Crippen molar-refractivity contribution < 1.29 is 0 Å². The molecule has 106 valence electrons. The summed E-state index contributed by atoms with van der Waals surface area (Å²) in [6.07, 6.45) is 11.0. The second-order valence-electron chi connectivity index (χ2n) is 6.19. The summed E-state index contributed by atoms with van der Waals surface area (Å²) in [5, 5.41) is 3.61. The summed E-state index contributed by atoms with van der Waals surface area (Å²) in [6, 6.07) is 0.566. The van der Waals surface area contributed by atoms with Crippen LogP contribution in [0.3, 0.4) is 0 Å². The minimum Gasteiger partial charge on any atom is -0.314 e. The van der Waals surface area contributed by atoms with Crippen LogP contribution in [0.4, 0.5) is 0 Å². The van der Waals surface area contributed by atoms with Gasteiger partial charge in [-0.25, -0.2) is 9.97 Å². The minimum atomic E-state index is 0.566. The van der Waals surface area contributed by atoms with Gasteiger partial charge in [0.1, 0.15) is 6.33 Å². The van der Waals surface area contributed by atoms with Gasteiger partial charge in [-0.15, -0.1) is 0 Å². The van der Waals surface area contributed by atoms with Crippen LogP contribution in [0.2, 0.25) is 0 Å². The smallest absolute Gasteiger partial charge is 0.115 e. The Morgan fingerprint density at radius 3 is 2.63 bits per heavy atom. The number of rotatable bonds is 5. The van der Waals surface area contributed by atoms with Crippen molar-refractivity contribution in [3.8, 4) is 0 Å². The molecule has 0 saturated heterocycles. The largest absolute Gasteiger partial charge is 0.314 e. The molecule has 1 aromatic heterocycles. The standard InChI is InChI=1S/C16H27N3/c1-4-13-5-6-14(10-19-12(2)3)16(7-13)15-8-17-11-18-9-15/h8-9,11-14,16,19H,4-7,10H2,1-3H3. The first kappa shape index (κ1) is 14.4. The van der Waals surface area contributed by atoms with E-state index in [2.05, 4.69) is 36.1 Å². The minimum absolute atomic E-state index is 0.566. The molecule has 0 aromatic carbocycles.